The minimum atomic E-state index is -1.06. The van der Waals surface area contributed by atoms with Gasteiger partial charge in [0.05, 0.1) is 17.0 Å². The molecule has 1 fully saturated rings. The lowest BCUT2D eigenvalue weighted by atomic mass is 9.88. The van der Waals surface area contributed by atoms with E-state index in [4.69, 9.17) is 0 Å². The summed E-state index contributed by atoms with van der Waals surface area (Å²) in [6.07, 6.45) is 2.19. The average molecular weight is 284 g/mol. The van der Waals surface area contributed by atoms with E-state index in [-0.39, 0.29) is 23.8 Å². The number of imide groups is 1. The van der Waals surface area contributed by atoms with Gasteiger partial charge in [0.15, 0.2) is 0 Å². The van der Waals surface area contributed by atoms with Crippen LogP contribution >= 0.6 is 0 Å². The minimum absolute atomic E-state index is 0.0987. The molecule has 2 aromatic rings. The number of rotatable bonds is 2. The number of carboxylic acid groups (broad SMARTS) is 1. The number of hydrogen-bond donors (Lipinski definition) is 2. The summed E-state index contributed by atoms with van der Waals surface area (Å²) in [6.45, 7) is 0. The summed E-state index contributed by atoms with van der Waals surface area (Å²) >= 11 is 0. The van der Waals surface area contributed by atoms with Crippen molar-refractivity contribution in [3.63, 3.8) is 0 Å². The SMILES string of the molecule is O=C1CCC(c2ccnc3c(C(=O)O)cccc23)C(=O)N1. The van der Waals surface area contributed by atoms with E-state index < -0.39 is 11.9 Å². The average Bonchev–Trinajstić information content (AvgIpc) is 2.46. The van der Waals surface area contributed by atoms with Crippen LogP contribution in [0.25, 0.3) is 10.9 Å². The molecule has 1 aliphatic rings. The summed E-state index contributed by atoms with van der Waals surface area (Å²) < 4.78 is 0. The zero-order chi connectivity index (χ0) is 15.0. The fourth-order valence-electron chi connectivity index (χ4n) is 2.66. The molecule has 0 radical (unpaired) electrons. The lowest BCUT2D eigenvalue weighted by Gasteiger charge is -2.22. The second kappa shape index (κ2) is 4.97. The normalized spacial score (nSPS) is 18.6. The van der Waals surface area contributed by atoms with Crippen LogP contribution in [0, 0.1) is 0 Å². The third-order valence-corrected chi connectivity index (χ3v) is 3.65. The molecule has 6 heteroatoms. The third kappa shape index (κ3) is 2.24. The number of carbonyl (C=O) groups is 3. The van der Waals surface area contributed by atoms with Gasteiger partial charge in [-0.1, -0.05) is 12.1 Å². The lowest BCUT2D eigenvalue weighted by Crippen LogP contribution is -2.39. The first-order valence-corrected chi connectivity index (χ1v) is 6.52. The number of piperidine rings is 1. The molecule has 2 N–H and O–H groups in total. The van der Waals surface area contributed by atoms with Crippen molar-refractivity contribution in [1.82, 2.24) is 10.3 Å². The first-order valence-electron chi connectivity index (χ1n) is 6.52. The fourth-order valence-corrected chi connectivity index (χ4v) is 2.66. The highest BCUT2D eigenvalue weighted by molar-refractivity contribution is 6.06. The molecule has 0 saturated carbocycles. The van der Waals surface area contributed by atoms with E-state index >= 15 is 0 Å². The van der Waals surface area contributed by atoms with Gasteiger partial charge in [0.25, 0.3) is 0 Å². The number of benzene rings is 1. The van der Waals surface area contributed by atoms with E-state index in [1.165, 1.54) is 12.3 Å². The minimum Gasteiger partial charge on any atom is -0.478 e. The summed E-state index contributed by atoms with van der Waals surface area (Å²) in [5, 5.41) is 12.2. The molecule has 0 spiro atoms. The van der Waals surface area contributed by atoms with Crippen LogP contribution in [0.4, 0.5) is 0 Å². The van der Waals surface area contributed by atoms with E-state index in [1.807, 2.05) is 0 Å². The van der Waals surface area contributed by atoms with Crippen LogP contribution < -0.4 is 5.32 Å². The van der Waals surface area contributed by atoms with Gasteiger partial charge in [0.2, 0.25) is 11.8 Å². The van der Waals surface area contributed by atoms with Crippen LogP contribution in [0.15, 0.2) is 30.5 Å². The van der Waals surface area contributed by atoms with E-state index in [0.29, 0.717) is 22.9 Å². The van der Waals surface area contributed by atoms with Crippen molar-refractivity contribution in [3.05, 3.63) is 41.6 Å². The van der Waals surface area contributed by atoms with Crippen LogP contribution in [0.3, 0.4) is 0 Å². The number of aromatic nitrogens is 1. The van der Waals surface area contributed by atoms with Gasteiger partial charge in [-0.15, -0.1) is 0 Å². The molecule has 6 nitrogen and oxygen atoms in total. The quantitative estimate of drug-likeness (QED) is 0.814. The number of nitrogens with one attached hydrogen (secondary N) is 1. The fraction of sp³-hybridized carbons (Fsp3) is 0.200. The summed E-state index contributed by atoms with van der Waals surface area (Å²) in [4.78, 5) is 38.6. The molecular weight excluding hydrogens is 272 g/mol. The van der Waals surface area contributed by atoms with Gasteiger partial charge >= 0.3 is 5.97 Å². The number of para-hydroxylation sites is 1. The van der Waals surface area contributed by atoms with Crippen LogP contribution in [-0.4, -0.2) is 27.9 Å². The molecule has 2 heterocycles. The largest absolute Gasteiger partial charge is 0.478 e. The van der Waals surface area contributed by atoms with Gasteiger partial charge in [-0.25, -0.2) is 4.79 Å². The molecule has 1 aromatic heterocycles. The Morgan fingerprint density at radius 3 is 2.81 bits per heavy atom. The van der Waals surface area contributed by atoms with Gasteiger partial charge in [0.1, 0.15) is 0 Å². The van der Waals surface area contributed by atoms with Gasteiger partial charge < -0.3 is 5.11 Å². The second-order valence-corrected chi connectivity index (χ2v) is 4.91. The number of fused-ring (bicyclic) bond motifs is 1. The predicted octanol–water partition coefficient (Wildman–Crippen LogP) is 1.45. The third-order valence-electron chi connectivity index (χ3n) is 3.65. The number of aromatic carboxylic acids is 1. The monoisotopic (exact) mass is 284 g/mol. The highest BCUT2D eigenvalue weighted by atomic mass is 16.4. The molecule has 1 aliphatic heterocycles. The van der Waals surface area contributed by atoms with E-state index in [0.717, 1.165) is 0 Å². The Morgan fingerprint density at radius 2 is 2.10 bits per heavy atom. The molecule has 0 aliphatic carbocycles. The summed E-state index contributed by atoms with van der Waals surface area (Å²) in [7, 11) is 0. The van der Waals surface area contributed by atoms with Crippen molar-refractivity contribution in [3.8, 4) is 0 Å². The molecule has 1 aromatic carbocycles. The van der Waals surface area contributed by atoms with Crippen LogP contribution in [0.5, 0.6) is 0 Å². The molecule has 21 heavy (non-hydrogen) atoms. The van der Waals surface area contributed by atoms with Gasteiger partial charge in [-0.05, 0) is 24.1 Å². The van der Waals surface area contributed by atoms with Gasteiger partial charge in [0, 0.05) is 18.0 Å². The van der Waals surface area contributed by atoms with Crippen molar-refractivity contribution in [2.45, 2.75) is 18.8 Å². The van der Waals surface area contributed by atoms with E-state index in [2.05, 4.69) is 10.3 Å². The number of amides is 2. The zero-order valence-corrected chi connectivity index (χ0v) is 11.0. The summed E-state index contributed by atoms with van der Waals surface area (Å²) in [5.74, 6) is -2.15. The Hall–Kier alpha value is -2.76. The highest BCUT2D eigenvalue weighted by Gasteiger charge is 2.29. The van der Waals surface area contributed by atoms with Gasteiger partial charge in [-0.2, -0.15) is 0 Å². The van der Waals surface area contributed by atoms with Crippen molar-refractivity contribution in [2.75, 3.05) is 0 Å². The first-order chi connectivity index (χ1) is 10.1. The number of carboxylic acids is 1. The number of nitrogens with zero attached hydrogens (tertiary/aromatic N) is 1. The smallest absolute Gasteiger partial charge is 0.337 e. The van der Waals surface area contributed by atoms with Gasteiger partial charge in [-0.3, -0.25) is 19.9 Å². The second-order valence-electron chi connectivity index (χ2n) is 4.91. The Balaban J connectivity index is 2.16. The molecule has 2 amide bonds. The first kappa shape index (κ1) is 13.2. The zero-order valence-electron chi connectivity index (χ0n) is 11.0. The maximum absolute atomic E-state index is 12.0. The summed E-state index contributed by atoms with van der Waals surface area (Å²) in [6, 6.07) is 6.55. The van der Waals surface area contributed by atoms with Crippen LogP contribution in [0.2, 0.25) is 0 Å². The Morgan fingerprint density at radius 1 is 1.29 bits per heavy atom. The molecular formula is C15H12N2O4. The van der Waals surface area contributed by atoms with Crippen LogP contribution in [0.1, 0.15) is 34.7 Å². The maximum atomic E-state index is 12.0. The Labute approximate surface area is 119 Å². The molecule has 1 saturated heterocycles. The summed E-state index contributed by atoms with van der Waals surface area (Å²) in [5.41, 5.74) is 1.15. The predicted molar refractivity (Wildman–Crippen MR) is 73.8 cm³/mol. The molecule has 1 atom stereocenters. The molecule has 0 bridgehead atoms. The molecule has 3 rings (SSSR count). The van der Waals surface area contributed by atoms with E-state index in [9.17, 15) is 19.5 Å². The van der Waals surface area contributed by atoms with Crippen molar-refractivity contribution < 1.29 is 19.5 Å². The Bertz CT molecular complexity index is 769. The van der Waals surface area contributed by atoms with Crippen molar-refractivity contribution >= 4 is 28.7 Å². The van der Waals surface area contributed by atoms with Crippen molar-refractivity contribution in [1.29, 1.82) is 0 Å². The Kier molecular flexibility index (Phi) is 3.13. The molecule has 1 unspecified atom stereocenters. The topological polar surface area (TPSA) is 96.4 Å². The number of hydrogen-bond acceptors (Lipinski definition) is 4. The van der Waals surface area contributed by atoms with E-state index in [1.54, 1.807) is 18.2 Å². The molecule has 106 valence electrons. The lowest BCUT2D eigenvalue weighted by molar-refractivity contribution is -0.134. The van der Waals surface area contributed by atoms with Crippen molar-refractivity contribution in [2.24, 2.45) is 0 Å². The highest BCUT2D eigenvalue weighted by Crippen LogP contribution is 2.31. The standard InChI is InChI=1S/C15H12N2O4/c18-12-5-4-10(14(19)17-12)8-6-7-16-13-9(8)2-1-3-11(13)15(20)21/h1-3,6-7,10H,4-5H2,(H,20,21)(H,17,18,19). The maximum Gasteiger partial charge on any atom is 0.337 e. The number of carbonyl (C=O) groups excluding carboxylic acids is 2. The van der Waals surface area contributed by atoms with Crippen LogP contribution in [-0.2, 0) is 9.59 Å². The number of pyridine rings is 1.